The summed E-state index contributed by atoms with van der Waals surface area (Å²) < 4.78 is 0. The van der Waals surface area contributed by atoms with Gasteiger partial charge in [-0.2, -0.15) is 11.8 Å². The van der Waals surface area contributed by atoms with E-state index < -0.39 is 0 Å². The third kappa shape index (κ3) is 6.79. The molecule has 0 rings (SSSR count). The fraction of sp³-hybridized carbons (Fsp3) is 0.909. The van der Waals surface area contributed by atoms with Crippen molar-refractivity contribution in [2.45, 2.75) is 39.2 Å². The van der Waals surface area contributed by atoms with Crippen molar-refractivity contribution in [3.05, 3.63) is 0 Å². The summed E-state index contributed by atoms with van der Waals surface area (Å²) in [6.07, 6.45) is 5.23. The van der Waals surface area contributed by atoms with Gasteiger partial charge in [-0.05, 0) is 30.8 Å². The fourth-order valence-corrected chi connectivity index (χ4v) is 1.71. The van der Waals surface area contributed by atoms with Crippen molar-refractivity contribution < 1.29 is 4.79 Å². The number of nitrogens with one attached hydrogen (secondary N) is 1. The molecule has 0 aromatic carbocycles. The average molecular weight is 232 g/mol. The molecule has 0 aromatic rings. The van der Waals surface area contributed by atoms with Crippen LogP contribution in [0.2, 0.25) is 0 Å². The molecule has 0 fully saturated rings. The van der Waals surface area contributed by atoms with E-state index in [9.17, 15) is 4.79 Å². The van der Waals surface area contributed by atoms with Gasteiger partial charge in [-0.15, -0.1) is 0 Å². The van der Waals surface area contributed by atoms with Gasteiger partial charge in [0.2, 0.25) is 5.91 Å². The van der Waals surface area contributed by atoms with E-state index in [1.54, 1.807) is 0 Å². The van der Waals surface area contributed by atoms with Gasteiger partial charge in [0.05, 0.1) is 6.04 Å². The van der Waals surface area contributed by atoms with Crippen LogP contribution in [0.3, 0.4) is 0 Å². The minimum absolute atomic E-state index is 0.00602. The van der Waals surface area contributed by atoms with Crippen LogP contribution in [0, 0.1) is 5.92 Å². The van der Waals surface area contributed by atoms with E-state index in [-0.39, 0.29) is 17.9 Å². The van der Waals surface area contributed by atoms with Crippen molar-refractivity contribution in [2.24, 2.45) is 11.7 Å². The largest absolute Gasteiger partial charge is 0.355 e. The van der Waals surface area contributed by atoms with E-state index >= 15 is 0 Å². The molecule has 4 heteroatoms. The standard InChI is InChI=1S/C11H24N2OS/c1-4-9(2)10(12)11(14)13-7-5-6-8-15-3/h9-10H,4-8,12H2,1-3H3,(H,13,14)/t9-,10-/m0/s1. The van der Waals surface area contributed by atoms with E-state index in [2.05, 4.69) is 18.5 Å². The zero-order valence-electron chi connectivity index (χ0n) is 10.1. The predicted molar refractivity (Wildman–Crippen MR) is 68.1 cm³/mol. The summed E-state index contributed by atoms with van der Waals surface area (Å²) in [5.41, 5.74) is 5.80. The summed E-state index contributed by atoms with van der Waals surface area (Å²) in [6.45, 7) is 4.82. The average Bonchev–Trinajstić information content (AvgIpc) is 2.26. The molecule has 0 unspecified atom stereocenters. The van der Waals surface area contributed by atoms with Gasteiger partial charge in [-0.1, -0.05) is 20.3 Å². The van der Waals surface area contributed by atoms with Crippen LogP contribution in [-0.2, 0) is 4.79 Å². The van der Waals surface area contributed by atoms with Gasteiger partial charge in [-0.25, -0.2) is 0 Å². The molecule has 0 heterocycles. The van der Waals surface area contributed by atoms with Gasteiger partial charge in [0.25, 0.3) is 0 Å². The van der Waals surface area contributed by atoms with Crippen molar-refractivity contribution in [3.8, 4) is 0 Å². The first kappa shape index (κ1) is 14.8. The van der Waals surface area contributed by atoms with E-state index in [0.29, 0.717) is 0 Å². The maximum absolute atomic E-state index is 11.5. The third-order valence-corrected chi connectivity index (χ3v) is 3.33. The molecule has 0 saturated carbocycles. The van der Waals surface area contributed by atoms with Gasteiger partial charge < -0.3 is 11.1 Å². The Morgan fingerprint density at radius 3 is 2.67 bits per heavy atom. The van der Waals surface area contributed by atoms with Crippen molar-refractivity contribution in [3.63, 3.8) is 0 Å². The Morgan fingerprint density at radius 1 is 1.47 bits per heavy atom. The van der Waals surface area contributed by atoms with Crippen LogP contribution in [0.5, 0.6) is 0 Å². The SMILES string of the molecule is CC[C@H](C)[C@H](N)C(=O)NCCCCSC. The van der Waals surface area contributed by atoms with Crippen molar-refractivity contribution >= 4 is 17.7 Å². The summed E-state index contributed by atoms with van der Waals surface area (Å²) in [4.78, 5) is 11.5. The summed E-state index contributed by atoms with van der Waals surface area (Å²) in [5, 5.41) is 2.88. The minimum Gasteiger partial charge on any atom is -0.355 e. The van der Waals surface area contributed by atoms with Crippen molar-refractivity contribution in [1.29, 1.82) is 0 Å². The molecule has 0 bridgehead atoms. The Hall–Kier alpha value is -0.220. The van der Waals surface area contributed by atoms with Crippen molar-refractivity contribution in [2.75, 3.05) is 18.6 Å². The van der Waals surface area contributed by atoms with Gasteiger partial charge in [0.1, 0.15) is 0 Å². The summed E-state index contributed by atoms with van der Waals surface area (Å²) >= 11 is 1.84. The van der Waals surface area contributed by atoms with E-state index in [0.717, 1.165) is 31.6 Å². The molecule has 0 aromatic heterocycles. The number of hydrogen-bond acceptors (Lipinski definition) is 3. The van der Waals surface area contributed by atoms with Gasteiger partial charge in [0.15, 0.2) is 0 Å². The van der Waals surface area contributed by atoms with Gasteiger partial charge in [0, 0.05) is 6.54 Å². The first-order valence-corrected chi connectivity index (χ1v) is 7.05. The Balaban J connectivity index is 3.56. The number of nitrogens with two attached hydrogens (primary N) is 1. The van der Waals surface area contributed by atoms with Gasteiger partial charge in [-0.3, -0.25) is 4.79 Å². The second-order valence-corrected chi connectivity index (χ2v) is 4.89. The highest BCUT2D eigenvalue weighted by molar-refractivity contribution is 7.98. The molecule has 1 amide bonds. The minimum atomic E-state index is -0.351. The molecule has 15 heavy (non-hydrogen) atoms. The lowest BCUT2D eigenvalue weighted by Crippen LogP contribution is -2.44. The lowest BCUT2D eigenvalue weighted by molar-refractivity contribution is -0.123. The highest BCUT2D eigenvalue weighted by Gasteiger charge is 2.18. The number of hydrogen-bond donors (Lipinski definition) is 2. The maximum atomic E-state index is 11.5. The van der Waals surface area contributed by atoms with Crippen LogP contribution < -0.4 is 11.1 Å². The monoisotopic (exact) mass is 232 g/mol. The first-order valence-electron chi connectivity index (χ1n) is 5.65. The smallest absolute Gasteiger partial charge is 0.237 e. The van der Waals surface area contributed by atoms with E-state index in [1.165, 1.54) is 0 Å². The molecular weight excluding hydrogens is 208 g/mol. The predicted octanol–water partition coefficient (Wildman–Crippen LogP) is 1.62. The number of thioether (sulfide) groups is 1. The molecule has 0 aliphatic heterocycles. The summed E-state index contributed by atoms with van der Waals surface area (Å²) in [5.74, 6) is 1.41. The van der Waals surface area contributed by atoms with Gasteiger partial charge >= 0.3 is 0 Å². The van der Waals surface area contributed by atoms with Crippen LogP contribution in [0.15, 0.2) is 0 Å². The molecule has 0 aliphatic rings. The Bertz CT molecular complexity index is 176. The molecule has 90 valence electrons. The lowest BCUT2D eigenvalue weighted by Gasteiger charge is -2.17. The van der Waals surface area contributed by atoms with E-state index in [1.807, 2.05) is 18.7 Å². The number of amides is 1. The molecule has 0 saturated heterocycles. The topological polar surface area (TPSA) is 55.1 Å². The van der Waals surface area contributed by atoms with Crippen molar-refractivity contribution in [1.82, 2.24) is 5.32 Å². The quantitative estimate of drug-likeness (QED) is 0.625. The number of carbonyl (C=O) groups excluding carboxylic acids is 1. The number of rotatable bonds is 8. The van der Waals surface area contributed by atoms with Crippen LogP contribution >= 0.6 is 11.8 Å². The van der Waals surface area contributed by atoms with E-state index in [4.69, 9.17) is 5.73 Å². The summed E-state index contributed by atoms with van der Waals surface area (Å²) in [6, 6.07) is -0.351. The molecule has 0 aliphatic carbocycles. The maximum Gasteiger partial charge on any atom is 0.237 e. The summed E-state index contributed by atoms with van der Waals surface area (Å²) in [7, 11) is 0. The third-order valence-electron chi connectivity index (χ3n) is 2.63. The molecule has 3 N–H and O–H groups in total. The second-order valence-electron chi connectivity index (χ2n) is 3.90. The normalized spacial score (nSPS) is 14.7. The second kappa shape index (κ2) is 9.04. The number of unbranched alkanes of at least 4 members (excludes halogenated alkanes) is 1. The Kier molecular flexibility index (Phi) is 8.91. The highest BCUT2D eigenvalue weighted by Crippen LogP contribution is 2.05. The Morgan fingerprint density at radius 2 is 2.13 bits per heavy atom. The van der Waals surface area contributed by atoms with Crippen LogP contribution in [0.25, 0.3) is 0 Å². The fourth-order valence-electron chi connectivity index (χ4n) is 1.21. The molecule has 0 radical (unpaired) electrons. The van der Waals surface area contributed by atoms with Crippen LogP contribution in [0.4, 0.5) is 0 Å². The molecule has 3 nitrogen and oxygen atoms in total. The lowest BCUT2D eigenvalue weighted by atomic mass is 9.99. The Labute approximate surface area is 97.6 Å². The molecular formula is C11H24N2OS. The highest BCUT2D eigenvalue weighted by atomic mass is 32.2. The van der Waals surface area contributed by atoms with Crippen LogP contribution in [-0.4, -0.2) is 30.5 Å². The zero-order valence-corrected chi connectivity index (χ0v) is 10.9. The zero-order chi connectivity index (χ0) is 11.7. The first-order chi connectivity index (χ1) is 7.13. The molecule has 0 spiro atoms. The number of carbonyl (C=O) groups is 1. The molecule has 2 atom stereocenters. The van der Waals surface area contributed by atoms with Crippen LogP contribution in [0.1, 0.15) is 33.1 Å².